The lowest BCUT2D eigenvalue weighted by Gasteiger charge is -2.39. The molecule has 0 radical (unpaired) electrons. The first-order valence-corrected chi connectivity index (χ1v) is 7.94. The van der Waals surface area contributed by atoms with Gasteiger partial charge in [0.2, 0.25) is 5.91 Å². The monoisotopic (exact) mass is 292 g/mol. The highest BCUT2D eigenvalue weighted by Gasteiger charge is 2.40. The van der Waals surface area contributed by atoms with Crippen molar-refractivity contribution < 1.29 is 4.79 Å². The normalized spacial score (nSPS) is 29.6. The number of carbonyl (C=O) groups excluding carboxylic acids is 1. The molecule has 2 heterocycles. The molecule has 20 heavy (non-hydrogen) atoms. The highest BCUT2D eigenvalue weighted by molar-refractivity contribution is 6.18. The Balaban J connectivity index is 1.77. The molecule has 2 N–H and O–H groups in total. The van der Waals surface area contributed by atoms with E-state index >= 15 is 0 Å². The van der Waals surface area contributed by atoms with Gasteiger partial charge in [-0.2, -0.15) is 0 Å². The van der Waals surface area contributed by atoms with E-state index in [1.54, 1.807) is 6.07 Å². The minimum absolute atomic E-state index is 0.339. The Morgan fingerprint density at radius 2 is 2.00 bits per heavy atom. The minimum Gasteiger partial charge on any atom is -0.366 e. The predicted molar refractivity (Wildman–Crippen MR) is 81.2 cm³/mol. The molecule has 1 aromatic carbocycles. The maximum atomic E-state index is 11.3. The number of carbonyl (C=O) groups is 1. The molecule has 0 spiro atoms. The number of nitrogens with zero attached hydrogens (tertiary/aromatic N) is 1. The number of fused-ring (bicyclic) bond motifs is 2. The number of nitrogens with two attached hydrogens (primary N) is 1. The van der Waals surface area contributed by atoms with Gasteiger partial charge in [-0.25, -0.2) is 0 Å². The molecule has 3 atom stereocenters. The molecule has 0 aliphatic carbocycles. The fourth-order valence-corrected chi connectivity index (χ4v) is 4.15. The van der Waals surface area contributed by atoms with Gasteiger partial charge in [0.15, 0.2) is 0 Å². The van der Waals surface area contributed by atoms with Crippen molar-refractivity contribution in [2.24, 2.45) is 5.73 Å². The summed E-state index contributed by atoms with van der Waals surface area (Å²) in [6.07, 6.45) is 4.92. The standard InChI is InChI=1S/C16H21ClN2O/c17-6-7-19-14-4-5-15(19)10-13(9-14)11-2-1-3-12(8-11)16(18)20/h1-3,8,13-15H,4-7,9-10H2,(H2,18,20)/t13?,14-,15+. The van der Waals surface area contributed by atoms with Crippen molar-refractivity contribution in [3.8, 4) is 0 Å². The van der Waals surface area contributed by atoms with Crippen molar-refractivity contribution in [1.82, 2.24) is 4.90 Å². The topological polar surface area (TPSA) is 46.3 Å². The van der Waals surface area contributed by atoms with Gasteiger partial charge in [0.25, 0.3) is 0 Å². The van der Waals surface area contributed by atoms with Crippen LogP contribution in [0.25, 0.3) is 0 Å². The van der Waals surface area contributed by atoms with Crippen LogP contribution in [0.1, 0.15) is 47.5 Å². The van der Waals surface area contributed by atoms with Gasteiger partial charge in [-0.15, -0.1) is 11.6 Å². The first kappa shape index (κ1) is 13.9. The second-order valence-corrected chi connectivity index (χ2v) is 6.35. The fraction of sp³-hybridized carbons (Fsp3) is 0.562. The molecule has 2 saturated heterocycles. The first-order valence-electron chi connectivity index (χ1n) is 7.40. The van der Waals surface area contributed by atoms with Gasteiger partial charge >= 0.3 is 0 Å². The molecule has 4 heteroatoms. The summed E-state index contributed by atoms with van der Waals surface area (Å²) in [4.78, 5) is 13.9. The van der Waals surface area contributed by atoms with E-state index in [0.717, 1.165) is 12.4 Å². The summed E-state index contributed by atoms with van der Waals surface area (Å²) in [6.45, 7) is 1.00. The van der Waals surface area contributed by atoms with Gasteiger partial charge in [-0.1, -0.05) is 12.1 Å². The molecular formula is C16H21ClN2O. The van der Waals surface area contributed by atoms with E-state index in [0.29, 0.717) is 23.6 Å². The lowest BCUT2D eigenvalue weighted by molar-refractivity contribution is 0.1000. The Bertz CT molecular complexity index is 491. The van der Waals surface area contributed by atoms with Crippen LogP contribution in [0.15, 0.2) is 24.3 Å². The van der Waals surface area contributed by atoms with E-state index in [1.165, 1.54) is 31.2 Å². The first-order chi connectivity index (χ1) is 9.69. The van der Waals surface area contributed by atoms with Crippen molar-refractivity contribution >= 4 is 17.5 Å². The molecule has 2 aliphatic heterocycles. The number of piperidine rings is 1. The number of primary amides is 1. The minimum atomic E-state index is -0.339. The highest BCUT2D eigenvalue weighted by Crippen LogP contribution is 2.42. The number of hydrogen-bond acceptors (Lipinski definition) is 2. The average Bonchev–Trinajstić information content (AvgIpc) is 2.70. The van der Waals surface area contributed by atoms with Crippen LogP contribution in [0.4, 0.5) is 0 Å². The lowest BCUT2D eigenvalue weighted by atomic mass is 9.84. The van der Waals surface area contributed by atoms with E-state index < -0.39 is 0 Å². The summed E-state index contributed by atoms with van der Waals surface area (Å²) in [7, 11) is 0. The largest absolute Gasteiger partial charge is 0.366 e. The van der Waals surface area contributed by atoms with Crippen molar-refractivity contribution in [2.75, 3.05) is 12.4 Å². The van der Waals surface area contributed by atoms with Gasteiger partial charge in [0.05, 0.1) is 0 Å². The summed E-state index contributed by atoms with van der Waals surface area (Å²) < 4.78 is 0. The quantitative estimate of drug-likeness (QED) is 0.868. The van der Waals surface area contributed by atoms with Crippen molar-refractivity contribution in [3.05, 3.63) is 35.4 Å². The number of amides is 1. The number of halogens is 1. The third-order valence-electron chi connectivity index (χ3n) is 4.87. The zero-order chi connectivity index (χ0) is 14.1. The van der Waals surface area contributed by atoms with Crippen LogP contribution >= 0.6 is 11.6 Å². The third kappa shape index (κ3) is 2.57. The van der Waals surface area contributed by atoms with Gasteiger partial charge < -0.3 is 5.73 Å². The van der Waals surface area contributed by atoms with Crippen LogP contribution in [-0.2, 0) is 0 Å². The van der Waals surface area contributed by atoms with Crippen LogP contribution in [0, 0.1) is 0 Å². The zero-order valence-corrected chi connectivity index (χ0v) is 12.4. The number of rotatable bonds is 4. The second kappa shape index (κ2) is 5.74. The second-order valence-electron chi connectivity index (χ2n) is 5.97. The molecule has 2 fully saturated rings. The Labute approximate surface area is 125 Å². The summed E-state index contributed by atoms with van der Waals surface area (Å²) in [5.41, 5.74) is 7.27. The van der Waals surface area contributed by atoms with Crippen LogP contribution in [-0.4, -0.2) is 35.3 Å². The molecule has 108 valence electrons. The van der Waals surface area contributed by atoms with Crippen LogP contribution in [0.5, 0.6) is 0 Å². The molecule has 2 bridgehead atoms. The van der Waals surface area contributed by atoms with Crippen molar-refractivity contribution in [3.63, 3.8) is 0 Å². The molecule has 1 amide bonds. The van der Waals surface area contributed by atoms with E-state index in [4.69, 9.17) is 17.3 Å². The molecule has 2 aliphatic rings. The number of hydrogen-bond donors (Lipinski definition) is 1. The van der Waals surface area contributed by atoms with Gasteiger partial charge in [0, 0.05) is 30.1 Å². The third-order valence-corrected chi connectivity index (χ3v) is 5.04. The van der Waals surface area contributed by atoms with Gasteiger partial charge in [-0.3, -0.25) is 9.69 Å². The van der Waals surface area contributed by atoms with Crippen LogP contribution in [0.3, 0.4) is 0 Å². The Kier molecular flexibility index (Phi) is 3.99. The molecule has 0 saturated carbocycles. The maximum absolute atomic E-state index is 11.3. The Morgan fingerprint density at radius 3 is 2.60 bits per heavy atom. The Hall–Kier alpha value is -1.06. The van der Waals surface area contributed by atoms with Crippen molar-refractivity contribution in [1.29, 1.82) is 0 Å². The highest BCUT2D eigenvalue weighted by atomic mass is 35.5. The summed E-state index contributed by atoms with van der Waals surface area (Å²) in [5, 5.41) is 0. The summed E-state index contributed by atoms with van der Waals surface area (Å²) in [5.74, 6) is 0.933. The average molecular weight is 293 g/mol. The van der Waals surface area contributed by atoms with E-state index in [-0.39, 0.29) is 5.91 Å². The van der Waals surface area contributed by atoms with Gasteiger partial charge in [0.1, 0.15) is 0 Å². The predicted octanol–water partition coefficient (Wildman–Crippen LogP) is 2.73. The van der Waals surface area contributed by atoms with Crippen molar-refractivity contribution in [2.45, 2.75) is 43.7 Å². The molecule has 3 nitrogen and oxygen atoms in total. The van der Waals surface area contributed by atoms with Gasteiger partial charge in [-0.05, 0) is 49.3 Å². The molecule has 1 aromatic rings. The molecular weight excluding hydrogens is 272 g/mol. The Morgan fingerprint density at radius 1 is 1.30 bits per heavy atom. The molecule has 0 aromatic heterocycles. The molecule has 1 unspecified atom stereocenters. The SMILES string of the molecule is NC(=O)c1cccc(C2C[C@H]3CC[C@@H](C2)N3CCCl)c1. The lowest BCUT2D eigenvalue weighted by Crippen LogP contribution is -2.43. The summed E-state index contributed by atoms with van der Waals surface area (Å²) >= 11 is 5.91. The smallest absolute Gasteiger partial charge is 0.248 e. The number of benzene rings is 1. The van der Waals surface area contributed by atoms with E-state index in [9.17, 15) is 4.79 Å². The maximum Gasteiger partial charge on any atom is 0.248 e. The zero-order valence-electron chi connectivity index (χ0n) is 11.6. The van der Waals surface area contributed by atoms with E-state index in [2.05, 4.69) is 11.0 Å². The molecule has 3 rings (SSSR count). The number of alkyl halides is 1. The van der Waals surface area contributed by atoms with Crippen LogP contribution < -0.4 is 5.73 Å². The van der Waals surface area contributed by atoms with E-state index in [1.807, 2.05) is 12.1 Å². The van der Waals surface area contributed by atoms with Crippen LogP contribution in [0.2, 0.25) is 0 Å². The summed E-state index contributed by atoms with van der Waals surface area (Å²) in [6, 6.07) is 9.17. The fourth-order valence-electron chi connectivity index (χ4n) is 3.95.